The van der Waals surface area contributed by atoms with E-state index in [1.54, 1.807) is 17.0 Å². The Labute approximate surface area is 126 Å². The second kappa shape index (κ2) is 4.47. The molecule has 110 valence electrons. The molecule has 0 aromatic heterocycles. The number of hydrogen-bond acceptors (Lipinski definition) is 5. The number of nitrogens with zero attached hydrogens (tertiary/aromatic N) is 3. The molecule has 0 radical (unpaired) electrons. The number of nitrogens with two attached hydrogens (primary N) is 2. The molecule has 0 spiro atoms. The summed E-state index contributed by atoms with van der Waals surface area (Å²) in [6, 6.07) is 14.4. The fourth-order valence-electron chi connectivity index (χ4n) is 2.71. The summed E-state index contributed by atoms with van der Waals surface area (Å²) in [6.45, 7) is 0. The summed E-state index contributed by atoms with van der Waals surface area (Å²) >= 11 is 0. The molecule has 2 aromatic carbocycles. The summed E-state index contributed by atoms with van der Waals surface area (Å²) in [6.07, 6.45) is -0.512. The number of benzene rings is 2. The topological polar surface area (TPSA) is 100.0 Å². The lowest BCUT2D eigenvalue weighted by molar-refractivity contribution is 0.255. The third-order valence-corrected chi connectivity index (χ3v) is 3.75. The Hall–Kier alpha value is -3.06. The van der Waals surface area contributed by atoms with Crippen molar-refractivity contribution in [1.29, 1.82) is 0 Å². The quantitative estimate of drug-likeness (QED) is 0.695. The van der Waals surface area contributed by atoms with E-state index < -0.39 is 6.17 Å². The minimum atomic E-state index is -0.512. The molecule has 5 N–H and O–H groups in total. The van der Waals surface area contributed by atoms with Gasteiger partial charge < -0.3 is 11.5 Å². The molecule has 4 rings (SSSR count). The second-order valence-corrected chi connectivity index (χ2v) is 5.11. The number of para-hydroxylation sites is 2. The fraction of sp³-hybridized carbons (Fsp3) is 0.0667. The van der Waals surface area contributed by atoms with Gasteiger partial charge in [0.05, 0.1) is 17.1 Å². The maximum Gasteiger partial charge on any atom is 0.345 e. The molecular formula is C15H14N6O. The number of nitrogen functional groups attached to an aromatic ring is 1. The number of rotatable bonds is 1. The molecule has 7 heteroatoms. The van der Waals surface area contributed by atoms with E-state index in [0.717, 1.165) is 5.69 Å². The highest BCUT2D eigenvalue weighted by atomic mass is 16.2. The normalized spacial score (nSPS) is 19.7. The van der Waals surface area contributed by atoms with E-state index in [-0.39, 0.29) is 6.03 Å². The number of hydrazine groups is 1. The zero-order valence-electron chi connectivity index (χ0n) is 11.6. The first-order valence-corrected chi connectivity index (χ1v) is 6.84. The summed E-state index contributed by atoms with van der Waals surface area (Å²) in [7, 11) is 0. The third-order valence-electron chi connectivity index (χ3n) is 3.75. The van der Waals surface area contributed by atoms with Gasteiger partial charge in [0.25, 0.3) is 0 Å². The first-order chi connectivity index (χ1) is 10.7. The van der Waals surface area contributed by atoms with Crippen molar-refractivity contribution < 1.29 is 4.79 Å². The summed E-state index contributed by atoms with van der Waals surface area (Å²) < 4.78 is 0. The molecule has 1 fully saturated rings. The number of nitrogens with one attached hydrogen (secondary N) is 1. The molecule has 2 aliphatic heterocycles. The Balaban J connectivity index is 1.82. The summed E-state index contributed by atoms with van der Waals surface area (Å²) in [5.41, 5.74) is 17.4. The van der Waals surface area contributed by atoms with Crippen LogP contribution in [0.15, 0.2) is 53.5 Å². The van der Waals surface area contributed by atoms with Crippen molar-refractivity contribution in [2.75, 3.05) is 15.6 Å². The van der Waals surface area contributed by atoms with Gasteiger partial charge in [-0.15, -0.1) is 0 Å². The van der Waals surface area contributed by atoms with E-state index >= 15 is 0 Å². The second-order valence-electron chi connectivity index (χ2n) is 5.11. The third kappa shape index (κ3) is 1.66. The standard InChI is InChI=1S/C15H14N6O/c16-10-7-4-8-11-12(10)18-13(17)14-19-21(15(22)20(11)14)9-5-2-1-3-6-9/h1-8,14,19H,16H2,(H2,17,18). The number of fused-ring (bicyclic) bond motifs is 3. The van der Waals surface area contributed by atoms with Crippen LogP contribution >= 0.6 is 0 Å². The molecular weight excluding hydrogens is 280 g/mol. The molecule has 1 atom stereocenters. The predicted octanol–water partition coefficient (Wildman–Crippen LogP) is 1.55. The average molecular weight is 294 g/mol. The van der Waals surface area contributed by atoms with Crippen molar-refractivity contribution >= 4 is 34.6 Å². The smallest absolute Gasteiger partial charge is 0.345 e. The number of carbonyl (C=O) groups excluding carboxylic acids is 1. The maximum atomic E-state index is 12.8. The van der Waals surface area contributed by atoms with Crippen LogP contribution in [0.1, 0.15) is 0 Å². The largest absolute Gasteiger partial charge is 0.397 e. The van der Waals surface area contributed by atoms with Crippen LogP contribution in [-0.4, -0.2) is 18.0 Å². The maximum absolute atomic E-state index is 12.8. The van der Waals surface area contributed by atoms with Crippen molar-refractivity contribution in [3.63, 3.8) is 0 Å². The number of carbonyl (C=O) groups is 1. The van der Waals surface area contributed by atoms with Gasteiger partial charge in [-0.25, -0.2) is 14.8 Å². The molecule has 0 bridgehead atoms. The Bertz CT molecular complexity index is 788. The highest BCUT2D eigenvalue weighted by Gasteiger charge is 2.44. The number of hydrogen-bond donors (Lipinski definition) is 3. The molecule has 22 heavy (non-hydrogen) atoms. The number of anilines is 3. The van der Waals surface area contributed by atoms with Crippen molar-refractivity contribution in [3.8, 4) is 0 Å². The van der Waals surface area contributed by atoms with Crippen molar-refractivity contribution in [2.24, 2.45) is 10.7 Å². The van der Waals surface area contributed by atoms with E-state index in [2.05, 4.69) is 10.4 Å². The highest BCUT2D eigenvalue weighted by Crippen LogP contribution is 2.40. The molecule has 2 aromatic rings. The van der Waals surface area contributed by atoms with E-state index in [0.29, 0.717) is 22.9 Å². The van der Waals surface area contributed by atoms with Crippen LogP contribution in [0.5, 0.6) is 0 Å². The van der Waals surface area contributed by atoms with Crippen LogP contribution in [0.3, 0.4) is 0 Å². The minimum Gasteiger partial charge on any atom is -0.397 e. The molecule has 7 nitrogen and oxygen atoms in total. The van der Waals surface area contributed by atoms with Gasteiger partial charge in [-0.1, -0.05) is 24.3 Å². The van der Waals surface area contributed by atoms with Gasteiger partial charge in [0.1, 0.15) is 11.5 Å². The lowest BCUT2D eigenvalue weighted by Crippen LogP contribution is -2.49. The van der Waals surface area contributed by atoms with Crippen molar-refractivity contribution in [1.82, 2.24) is 5.43 Å². The predicted molar refractivity (Wildman–Crippen MR) is 85.9 cm³/mol. The molecule has 0 saturated carbocycles. The molecule has 2 aliphatic rings. The molecule has 1 unspecified atom stereocenters. The minimum absolute atomic E-state index is 0.221. The fourth-order valence-corrected chi connectivity index (χ4v) is 2.71. The van der Waals surface area contributed by atoms with Gasteiger partial charge in [0.15, 0.2) is 6.17 Å². The Kier molecular flexibility index (Phi) is 2.57. The number of urea groups is 1. The molecule has 2 heterocycles. The summed E-state index contributed by atoms with van der Waals surface area (Å²) in [5, 5.41) is 1.46. The monoisotopic (exact) mass is 294 g/mol. The van der Waals surface area contributed by atoms with E-state index in [1.807, 2.05) is 36.4 Å². The van der Waals surface area contributed by atoms with Gasteiger partial charge in [0, 0.05) is 0 Å². The highest BCUT2D eigenvalue weighted by molar-refractivity contribution is 6.15. The van der Waals surface area contributed by atoms with Crippen molar-refractivity contribution in [3.05, 3.63) is 48.5 Å². The first kappa shape index (κ1) is 12.7. The Morgan fingerprint density at radius 1 is 1.05 bits per heavy atom. The number of amides is 2. The Morgan fingerprint density at radius 2 is 1.82 bits per heavy atom. The van der Waals surface area contributed by atoms with Gasteiger partial charge in [-0.2, -0.15) is 5.43 Å². The first-order valence-electron chi connectivity index (χ1n) is 6.84. The zero-order valence-corrected chi connectivity index (χ0v) is 11.6. The van der Waals surface area contributed by atoms with Gasteiger partial charge in [-0.05, 0) is 24.3 Å². The van der Waals surface area contributed by atoms with Crippen LogP contribution in [0.2, 0.25) is 0 Å². The number of aliphatic imine (C=N–C) groups is 1. The van der Waals surface area contributed by atoms with E-state index in [4.69, 9.17) is 11.5 Å². The van der Waals surface area contributed by atoms with Crippen LogP contribution in [-0.2, 0) is 0 Å². The lowest BCUT2D eigenvalue weighted by atomic mass is 10.1. The Morgan fingerprint density at radius 3 is 2.59 bits per heavy atom. The summed E-state index contributed by atoms with van der Waals surface area (Å²) in [4.78, 5) is 18.7. The van der Waals surface area contributed by atoms with Gasteiger partial charge in [0.2, 0.25) is 0 Å². The van der Waals surface area contributed by atoms with Crippen LogP contribution in [0, 0.1) is 0 Å². The van der Waals surface area contributed by atoms with Gasteiger partial charge in [-0.3, -0.25) is 4.90 Å². The SMILES string of the molecule is NC1=Nc2c(N)cccc2N2C(=O)N(c3ccccc3)NC12. The molecule has 1 saturated heterocycles. The summed E-state index contributed by atoms with van der Waals surface area (Å²) in [5.74, 6) is 0.303. The van der Waals surface area contributed by atoms with Crippen LogP contribution in [0.25, 0.3) is 0 Å². The van der Waals surface area contributed by atoms with Crippen LogP contribution < -0.4 is 26.8 Å². The van der Waals surface area contributed by atoms with Gasteiger partial charge >= 0.3 is 6.03 Å². The average Bonchev–Trinajstić information content (AvgIpc) is 2.88. The van der Waals surface area contributed by atoms with E-state index in [9.17, 15) is 4.79 Å². The molecule has 0 aliphatic carbocycles. The van der Waals surface area contributed by atoms with Crippen molar-refractivity contribution in [2.45, 2.75) is 6.17 Å². The van der Waals surface area contributed by atoms with Crippen LogP contribution in [0.4, 0.5) is 27.5 Å². The van der Waals surface area contributed by atoms with E-state index in [1.165, 1.54) is 5.01 Å². The molecule has 2 amide bonds. The lowest BCUT2D eigenvalue weighted by Gasteiger charge is -2.27. The number of amidine groups is 1. The zero-order chi connectivity index (χ0) is 15.3.